The summed E-state index contributed by atoms with van der Waals surface area (Å²) in [7, 11) is -2.31. The lowest BCUT2D eigenvalue weighted by atomic mass is 9.96. The third-order valence-electron chi connectivity index (χ3n) is 7.00. The number of halogens is 1. The monoisotopic (exact) mass is 601 g/mol. The number of carbonyl (C=O) groups is 1. The number of aromatic nitrogens is 3. The fourth-order valence-corrected chi connectivity index (χ4v) is 6.02. The lowest BCUT2D eigenvalue weighted by Gasteiger charge is -2.09. The molecule has 1 fully saturated rings. The van der Waals surface area contributed by atoms with Gasteiger partial charge in [0.05, 0.1) is 11.4 Å². The molecule has 1 atom stereocenters. The van der Waals surface area contributed by atoms with Gasteiger partial charge in [0.25, 0.3) is 0 Å². The molecule has 3 heterocycles. The highest BCUT2D eigenvalue weighted by Gasteiger charge is 2.29. The molecule has 6 rings (SSSR count). The first-order valence-electron chi connectivity index (χ1n) is 13.2. The van der Waals surface area contributed by atoms with Crippen LogP contribution in [0.2, 0.25) is 0 Å². The minimum Gasteiger partial charge on any atom is -0.476 e. The molecular weight excluding hydrogens is 575 g/mol. The van der Waals surface area contributed by atoms with Gasteiger partial charge in [0.2, 0.25) is 10.0 Å². The predicted molar refractivity (Wildman–Crippen MR) is 159 cm³/mol. The van der Waals surface area contributed by atoms with Crippen LogP contribution in [0.1, 0.15) is 57.2 Å². The molecule has 3 aromatic heterocycles. The van der Waals surface area contributed by atoms with Crippen molar-refractivity contribution in [3.8, 4) is 28.2 Å². The number of aryl methyl sites for hydroxylation is 1. The number of carboxylic acid groups (broad SMARTS) is 1. The Morgan fingerprint density at radius 3 is 2.71 bits per heavy atom. The molecule has 0 spiro atoms. The van der Waals surface area contributed by atoms with E-state index in [1.54, 1.807) is 10.7 Å². The summed E-state index contributed by atoms with van der Waals surface area (Å²) in [6.45, 7) is 1.86. The number of thiol groups is 1. The van der Waals surface area contributed by atoms with E-state index in [0.29, 0.717) is 34.5 Å². The largest absolute Gasteiger partial charge is 0.476 e. The van der Waals surface area contributed by atoms with Crippen LogP contribution >= 0.6 is 11.3 Å². The fraction of sp³-hybridized carbons (Fsp3) is 0.194. The number of thiazole rings is 1. The van der Waals surface area contributed by atoms with E-state index in [9.17, 15) is 18.5 Å². The first-order chi connectivity index (χ1) is 20.2. The highest BCUT2D eigenvalue weighted by atomic mass is 32.2. The van der Waals surface area contributed by atoms with Crippen LogP contribution in [0.5, 0.6) is 0 Å². The summed E-state index contributed by atoms with van der Waals surface area (Å²) < 4.78 is 33.9. The molecule has 1 unspecified atom stereocenters. The second-order valence-corrected chi connectivity index (χ2v) is 12.2. The number of furan rings is 1. The van der Waals surface area contributed by atoms with Crippen molar-refractivity contribution in [1.82, 2.24) is 14.8 Å². The van der Waals surface area contributed by atoms with Gasteiger partial charge in [-0.1, -0.05) is 28.3 Å². The molecule has 0 amide bonds. The SMILES string of the molecule is Cc1ccc(C#Cc2cccc(-c3nn(-c4nc(C(=O)O)cs4)c(CC4CC4)c3Cc3ccc([SH+](N)=O)c(F)c3)c2)o1. The third kappa shape index (κ3) is 5.97. The highest BCUT2D eigenvalue weighted by Crippen LogP contribution is 2.38. The summed E-state index contributed by atoms with van der Waals surface area (Å²) in [5.41, 5.74) is 4.63. The Kier molecular flexibility index (Phi) is 7.60. The number of nitrogens with zero attached hydrogens (tertiary/aromatic N) is 3. The number of aromatic carboxylic acids is 1. The lowest BCUT2D eigenvalue weighted by Crippen LogP contribution is -2.07. The van der Waals surface area contributed by atoms with E-state index in [1.807, 2.05) is 43.3 Å². The van der Waals surface area contributed by atoms with Gasteiger partial charge in [-0.15, -0.1) is 16.5 Å². The minimum absolute atomic E-state index is 0.0233. The molecule has 11 heteroatoms. The molecule has 42 heavy (non-hydrogen) atoms. The van der Waals surface area contributed by atoms with Crippen molar-refractivity contribution in [3.63, 3.8) is 0 Å². The highest BCUT2D eigenvalue weighted by molar-refractivity contribution is 7.82. The Morgan fingerprint density at radius 2 is 2.05 bits per heavy atom. The average Bonchev–Trinajstić information content (AvgIpc) is 3.31. The van der Waals surface area contributed by atoms with Gasteiger partial charge in [-0.3, -0.25) is 0 Å². The second kappa shape index (κ2) is 11.5. The quantitative estimate of drug-likeness (QED) is 0.135. The molecule has 8 nitrogen and oxygen atoms in total. The summed E-state index contributed by atoms with van der Waals surface area (Å²) in [4.78, 5) is 15.9. The van der Waals surface area contributed by atoms with Gasteiger partial charge in [-0.2, -0.15) is 5.10 Å². The van der Waals surface area contributed by atoms with Crippen molar-refractivity contribution in [2.24, 2.45) is 11.1 Å². The smallest absolute Gasteiger partial charge is 0.355 e. The van der Waals surface area contributed by atoms with Crippen molar-refractivity contribution in [1.29, 1.82) is 0 Å². The van der Waals surface area contributed by atoms with Crippen molar-refractivity contribution in [3.05, 3.63) is 105 Å². The summed E-state index contributed by atoms with van der Waals surface area (Å²) >= 11 is 1.20. The minimum atomic E-state index is -2.31. The maximum absolute atomic E-state index is 14.8. The van der Waals surface area contributed by atoms with Gasteiger partial charge in [0.15, 0.2) is 28.3 Å². The number of benzene rings is 2. The number of rotatable bonds is 8. The number of nitrogens with two attached hydrogens (primary N) is 1. The molecule has 0 aliphatic heterocycles. The molecule has 1 saturated carbocycles. The zero-order valence-electron chi connectivity index (χ0n) is 22.5. The summed E-state index contributed by atoms with van der Waals surface area (Å²) in [6.07, 6.45) is 3.23. The predicted octanol–water partition coefficient (Wildman–Crippen LogP) is 5.61. The molecule has 3 N–H and O–H groups in total. The first kappa shape index (κ1) is 27.8. The first-order valence-corrected chi connectivity index (χ1v) is 15.4. The average molecular weight is 602 g/mol. The Morgan fingerprint density at radius 1 is 1.21 bits per heavy atom. The number of hydrogen-bond acceptors (Lipinski definition) is 6. The standard InChI is InChI=1S/C31H25FN4O4S2/c1-18-5-10-23(40-18)11-8-19-3-2-4-22(13-19)29-24(14-21-9-12-28(42(33)39)25(32)15-21)27(16-20-6-7-20)36(35-29)31-34-26(17-41-31)30(37)38/h2-5,9-10,12-13,15,17,20H,6-7,14,16H2,1H3,(H2,33,39)(H,37,38)/p+1. The summed E-state index contributed by atoms with van der Waals surface area (Å²) in [5.74, 6) is 6.28. The van der Waals surface area contributed by atoms with Crippen molar-refractivity contribution in [2.45, 2.75) is 37.5 Å². The van der Waals surface area contributed by atoms with Gasteiger partial charge >= 0.3 is 5.97 Å². The molecule has 0 bridgehead atoms. The van der Waals surface area contributed by atoms with Gasteiger partial charge in [0.1, 0.15) is 5.76 Å². The fourth-order valence-electron chi connectivity index (χ4n) is 4.75. The lowest BCUT2D eigenvalue weighted by molar-refractivity contribution is 0.0691. The van der Waals surface area contributed by atoms with E-state index < -0.39 is 22.8 Å². The second-order valence-electron chi connectivity index (χ2n) is 10.2. The van der Waals surface area contributed by atoms with Gasteiger partial charge in [-0.05, 0) is 80.0 Å². The van der Waals surface area contributed by atoms with Crippen LogP contribution in [0.3, 0.4) is 0 Å². The normalized spacial score (nSPS) is 13.5. The van der Waals surface area contributed by atoms with Crippen LogP contribution in [0.4, 0.5) is 4.39 Å². The maximum atomic E-state index is 14.8. The van der Waals surface area contributed by atoms with Crippen LogP contribution in [0.15, 0.2) is 69.3 Å². The van der Waals surface area contributed by atoms with E-state index >= 15 is 0 Å². The van der Waals surface area contributed by atoms with Crippen molar-refractivity contribution < 1.29 is 22.9 Å². The number of carboxylic acids is 1. The van der Waals surface area contributed by atoms with E-state index in [2.05, 4.69) is 16.8 Å². The Balaban J connectivity index is 1.48. The topological polar surface area (TPSA) is 124 Å². The van der Waals surface area contributed by atoms with Crippen LogP contribution in [0, 0.1) is 30.5 Å². The Bertz CT molecular complexity index is 1910. The molecule has 212 valence electrons. The van der Waals surface area contributed by atoms with Crippen LogP contribution in [-0.4, -0.2) is 25.8 Å². The Hall–Kier alpha value is -4.37. The van der Waals surface area contributed by atoms with E-state index in [1.165, 1.54) is 28.8 Å². The van der Waals surface area contributed by atoms with Crippen LogP contribution < -0.4 is 5.14 Å². The molecule has 1 aliphatic rings. The Labute approximate surface area is 247 Å². The molecular formula is C31H26FN4O4S2+. The zero-order valence-corrected chi connectivity index (χ0v) is 24.2. The van der Waals surface area contributed by atoms with E-state index in [4.69, 9.17) is 14.7 Å². The van der Waals surface area contributed by atoms with Crippen molar-refractivity contribution in [2.75, 3.05) is 0 Å². The summed E-state index contributed by atoms with van der Waals surface area (Å²) in [6, 6.07) is 15.9. The maximum Gasteiger partial charge on any atom is 0.355 e. The summed E-state index contributed by atoms with van der Waals surface area (Å²) in [5, 5.41) is 21.9. The molecule has 5 aromatic rings. The number of hydrogen-bond donors (Lipinski definition) is 2. The van der Waals surface area contributed by atoms with Gasteiger partial charge in [0, 0.05) is 28.5 Å². The van der Waals surface area contributed by atoms with Gasteiger partial charge < -0.3 is 9.52 Å². The molecule has 1 aliphatic carbocycles. The van der Waals surface area contributed by atoms with Crippen LogP contribution in [0.25, 0.3) is 16.4 Å². The van der Waals surface area contributed by atoms with Gasteiger partial charge in [-0.25, -0.2) is 18.9 Å². The molecule has 0 saturated heterocycles. The zero-order chi connectivity index (χ0) is 29.4. The van der Waals surface area contributed by atoms with Crippen molar-refractivity contribution >= 4 is 28.3 Å². The van der Waals surface area contributed by atoms with E-state index in [-0.39, 0.29) is 10.6 Å². The van der Waals surface area contributed by atoms with Crippen LogP contribution in [-0.2, 0) is 28.0 Å². The molecule has 2 aromatic carbocycles. The third-order valence-corrected chi connectivity index (χ3v) is 8.65. The molecule has 0 radical (unpaired) electrons. The van der Waals surface area contributed by atoms with E-state index in [0.717, 1.165) is 47.4 Å².